The van der Waals surface area contributed by atoms with Gasteiger partial charge in [-0.2, -0.15) is 0 Å². The van der Waals surface area contributed by atoms with Crippen molar-refractivity contribution in [1.29, 1.82) is 0 Å². The summed E-state index contributed by atoms with van der Waals surface area (Å²) < 4.78 is 2.52. The summed E-state index contributed by atoms with van der Waals surface area (Å²) in [7, 11) is 0. The van der Waals surface area contributed by atoms with Crippen molar-refractivity contribution in [3.8, 4) is 0 Å². The number of aryl methyl sites for hydroxylation is 2. The molecule has 0 aromatic carbocycles. The molecule has 0 aliphatic carbocycles. The van der Waals surface area contributed by atoms with E-state index in [1.807, 2.05) is 0 Å². The molecule has 0 radical (unpaired) electrons. The summed E-state index contributed by atoms with van der Waals surface area (Å²) in [6, 6.07) is 4.70. The Bertz CT molecular complexity index is 891. The van der Waals surface area contributed by atoms with E-state index in [9.17, 15) is 0 Å². The molecular weight excluding hydrogens is 699 g/mol. The summed E-state index contributed by atoms with van der Waals surface area (Å²) in [5, 5.41) is 0. The predicted molar refractivity (Wildman–Crippen MR) is 263 cm³/mol. The molecule has 0 saturated heterocycles. The van der Waals surface area contributed by atoms with Crippen molar-refractivity contribution in [2.24, 2.45) is 5.92 Å². The van der Waals surface area contributed by atoms with Crippen molar-refractivity contribution in [2.45, 2.75) is 329 Å². The monoisotopic (exact) mass is 809 g/mol. The van der Waals surface area contributed by atoms with Crippen molar-refractivity contribution in [2.75, 3.05) is 0 Å². The van der Waals surface area contributed by atoms with Gasteiger partial charge in [0.25, 0.3) is 0 Å². The van der Waals surface area contributed by atoms with Gasteiger partial charge < -0.3 is 0 Å². The van der Waals surface area contributed by atoms with Crippen LogP contribution in [0.2, 0.25) is 0 Å². The van der Waals surface area contributed by atoms with Crippen molar-refractivity contribution >= 4 is 0 Å². The molecule has 1 heterocycles. The van der Waals surface area contributed by atoms with Gasteiger partial charge in [0.1, 0.15) is 6.54 Å². The van der Waals surface area contributed by atoms with Crippen LogP contribution in [0.15, 0.2) is 24.5 Å². The Morgan fingerprint density at radius 2 is 0.603 bits per heavy atom. The smallest absolute Gasteiger partial charge is 0.171 e. The van der Waals surface area contributed by atoms with Crippen LogP contribution in [0, 0.1) is 5.92 Å². The molecule has 1 atom stereocenters. The summed E-state index contributed by atoms with van der Waals surface area (Å²) in [5.74, 6) is 0.954. The fraction of sp³-hybridized carbons (Fsp3) is 0.912. The first-order valence-electron chi connectivity index (χ1n) is 27.8. The molecule has 1 nitrogen and oxygen atoms in total. The molecule has 0 amide bonds. The number of nitrogens with zero attached hydrogens (tertiary/aromatic N) is 1. The topological polar surface area (TPSA) is 3.88 Å². The molecule has 0 saturated carbocycles. The van der Waals surface area contributed by atoms with Crippen molar-refractivity contribution < 1.29 is 4.57 Å². The third-order valence-corrected chi connectivity index (χ3v) is 13.7. The molecule has 58 heavy (non-hydrogen) atoms. The predicted octanol–water partition coefficient (Wildman–Crippen LogP) is 20.1. The van der Waals surface area contributed by atoms with Gasteiger partial charge in [0.15, 0.2) is 12.4 Å². The average molecular weight is 810 g/mol. The summed E-state index contributed by atoms with van der Waals surface area (Å²) in [4.78, 5) is 0. The van der Waals surface area contributed by atoms with E-state index in [0.717, 1.165) is 5.92 Å². The molecule has 0 bridgehead atoms. The molecule has 0 fully saturated rings. The van der Waals surface area contributed by atoms with Gasteiger partial charge >= 0.3 is 0 Å². The lowest BCUT2D eigenvalue weighted by atomic mass is 9.90. The molecule has 342 valence electrons. The maximum atomic E-state index is 2.52. The lowest BCUT2D eigenvalue weighted by molar-refractivity contribution is -0.697. The van der Waals surface area contributed by atoms with Crippen LogP contribution in [0.5, 0.6) is 0 Å². The highest BCUT2D eigenvalue weighted by Crippen LogP contribution is 2.24. The van der Waals surface area contributed by atoms with Crippen LogP contribution in [0.3, 0.4) is 0 Å². The number of unbranched alkanes of at least 4 members (excludes halogenated alkanes) is 39. The lowest BCUT2D eigenvalue weighted by Crippen LogP contribution is -2.33. The number of pyridine rings is 1. The van der Waals surface area contributed by atoms with Crippen molar-refractivity contribution in [3.05, 3.63) is 30.1 Å². The van der Waals surface area contributed by atoms with Crippen molar-refractivity contribution in [3.63, 3.8) is 0 Å². The molecular formula is C57H110N+. The van der Waals surface area contributed by atoms with Gasteiger partial charge in [0.2, 0.25) is 0 Å². The Morgan fingerprint density at radius 1 is 0.328 bits per heavy atom. The highest BCUT2D eigenvalue weighted by Gasteiger charge is 2.11. The highest BCUT2D eigenvalue weighted by atomic mass is 14.9. The van der Waals surface area contributed by atoms with Gasteiger partial charge in [-0.1, -0.05) is 297 Å². The molecule has 1 unspecified atom stereocenters. The van der Waals surface area contributed by atoms with Gasteiger partial charge in [-0.15, -0.1) is 0 Å². The third-order valence-electron chi connectivity index (χ3n) is 13.7. The molecule has 1 rings (SSSR count). The largest absolute Gasteiger partial charge is 0.205 e. The highest BCUT2D eigenvalue weighted by molar-refractivity contribution is 5.05. The number of hydrogen-bond donors (Lipinski definition) is 0. The van der Waals surface area contributed by atoms with Crippen LogP contribution in [-0.4, -0.2) is 0 Å². The summed E-state index contributed by atoms with van der Waals surface area (Å²) in [5.41, 5.74) is 1.56. The maximum absolute atomic E-state index is 2.52. The SMILES string of the molecule is CCCCCCCCCCCCCCCCCCCc1ccc[n+](CCCC(CCCCCCCCCC)CCCCCCCCCCCCCCCCCCC)c1. The standard InChI is InChI=1S/C57H110N/c1-4-7-10-13-16-19-21-23-25-27-29-31-33-35-38-41-44-49-56(48-43-40-37-18-15-12-9-6-3)51-46-53-58-54-47-52-57(55-58)50-45-42-39-36-34-32-30-28-26-24-22-20-17-14-11-8-5-2/h47,52,54-56H,4-46,48-51,53H2,1-3H3/q+1. The first-order chi connectivity index (χ1) is 28.8. The van der Waals surface area contributed by atoms with Crippen LogP contribution in [0.25, 0.3) is 0 Å². The van der Waals surface area contributed by atoms with Gasteiger partial charge in [-0.25, -0.2) is 4.57 Å². The summed E-state index contributed by atoms with van der Waals surface area (Å²) >= 11 is 0. The van der Waals surface area contributed by atoms with E-state index in [1.165, 1.54) is 308 Å². The van der Waals surface area contributed by atoms with E-state index in [0.29, 0.717) is 0 Å². The first kappa shape index (κ1) is 55.2. The Labute approximate surface area is 368 Å². The number of rotatable bonds is 49. The molecule has 0 aliphatic heterocycles. The molecule has 0 aliphatic rings. The molecule has 1 heteroatoms. The molecule has 1 aromatic heterocycles. The summed E-state index contributed by atoms with van der Waals surface area (Å²) in [6.45, 7) is 8.17. The van der Waals surface area contributed by atoms with E-state index >= 15 is 0 Å². The zero-order chi connectivity index (χ0) is 41.5. The Morgan fingerprint density at radius 3 is 0.931 bits per heavy atom. The Kier molecular flexibility index (Phi) is 44.9. The number of hydrogen-bond acceptors (Lipinski definition) is 0. The Balaban J connectivity index is 2.16. The quantitative estimate of drug-likeness (QED) is 0.0456. The zero-order valence-corrected chi connectivity index (χ0v) is 40.8. The molecule has 0 spiro atoms. The van der Waals surface area contributed by atoms with Gasteiger partial charge in [0.05, 0.1) is 0 Å². The summed E-state index contributed by atoms with van der Waals surface area (Å²) in [6.07, 6.45) is 73.1. The first-order valence-corrected chi connectivity index (χ1v) is 27.8. The zero-order valence-electron chi connectivity index (χ0n) is 40.8. The van der Waals surface area contributed by atoms with Crippen molar-refractivity contribution in [1.82, 2.24) is 0 Å². The Hall–Kier alpha value is -0.850. The minimum Gasteiger partial charge on any atom is -0.205 e. The van der Waals surface area contributed by atoms with Crippen LogP contribution in [0.1, 0.15) is 322 Å². The van der Waals surface area contributed by atoms with Gasteiger partial charge in [-0.3, -0.25) is 0 Å². The fourth-order valence-electron chi connectivity index (χ4n) is 9.64. The average Bonchev–Trinajstić information content (AvgIpc) is 3.24. The lowest BCUT2D eigenvalue weighted by Gasteiger charge is -2.16. The maximum Gasteiger partial charge on any atom is 0.171 e. The molecule has 1 aromatic rings. The fourth-order valence-corrected chi connectivity index (χ4v) is 9.64. The van der Waals surface area contributed by atoms with E-state index in [-0.39, 0.29) is 0 Å². The normalized spacial score (nSPS) is 12.2. The third kappa shape index (κ3) is 40.6. The van der Waals surface area contributed by atoms with Gasteiger partial charge in [0, 0.05) is 18.1 Å². The minimum atomic E-state index is 0.954. The van der Waals surface area contributed by atoms with Crippen LogP contribution >= 0.6 is 0 Å². The van der Waals surface area contributed by atoms with Gasteiger partial charge in [-0.05, 0) is 31.2 Å². The number of aromatic nitrogens is 1. The van der Waals surface area contributed by atoms with E-state index in [4.69, 9.17) is 0 Å². The van der Waals surface area contributed by atoms with E-state index in [1.54, 1.807) is 5.56 Å². The minimum absolute atomic E-state index is 0.954. The van der Waals surface area contributed by atoms with E-state index < -0.39 is 0 Å². The van der Waals surface area contributed by atoms with Crippen LogP contribution in [0.4, 0.5) is 0 Å². The second kappa shape index (κ2) is 47.2. The van der Waals surface area contributed by atoms with E-state index in [2.05, 4.69) is 49.9 Å². The second-order valence-electron chi connectivity index (χ2n) is 19.6. The van der Waals surface area contributed by atoms with Crippen LogP contribution in [-0.2, 0) is 13.0 Å². The molecule has 0 N–H and O–H groups in total. The van der Waals surface area contributed by atoms with Crippen LogP contribution < -0.4 is 4.57 Å². The second-order valence-corrected chi connectivity index (χ2v) is 19.6.